The first-order chi connectivity index (χ1) is 7.99. The van der Waals surface area contributed by atoms with Gasteiger partial charge in [0.1, 0.15) is 0 Å². The topological polar surface area (TPSA) is 30.5 Å². The van der Waals surface area contributed by atoms with Crippen LogP contribution in [0.2, 0.25) is 0 Å². The zero-order valence-corrected chi connectivity index (χ0v) is 12.3. The van der Waals surface area contributed by atoms with Crippen LogP contribution in [0, 0.1) is 0 Å². The number of nitrogens with one attached hydrogen (secondary N) is 1. The second-order valence-corrected chi connectivity index (χ2v) is 5.52. The van der Waals surface area contributed by atoms with Crippen LogP contribution in [0.15, 0.2) is 0 Å². The Morgan fingerprint density at radius 3 is 2.24 bits per heavy atom. The van der Waals surface area contributed by atoms with Crippen molar-refractivity contribution in [3.63, 3.8) is 0 Å². The predicted octanol–water partition coefficient (Wildman–Crippen LogP) is 2.99. The highest BCUT2D eigenvalue weighted by Gasteiger charge is 2.13. The lowest BCUT2D eigenvalue weighted by atomic mass is 10.1. The van der Waals surface area contributed by atoms with E-state index < -0.39 is 0 Å². The molecule has 0 aromatic heterocycles. The van der Waals surface area contributed by atoms with Crippen molar-refractivity contribution in [2.45, 2.75) is 65.5 Å². The van der Waals surface area contributed by atoms with Crippen molar-refractivity contribution in [1.82, 2.24) is 5.32 Å². The van der Waals surface area contributed by atoms with E-state index in [1.165, 1.54) is 0 Å². The molecular formula is C14H31NO2. The largest absolute Gasteiger partial charge is 0.379 e. The standard InChI is InChI=1S/C14H31NO2/c1-6-8-13(12-15-14(3,4)5)17-11-10-16-9-7-2/h13,15H,6-12H2,1-5H3. The lowest BCUT2D eigenvalue weighted by molar-refractivity contribution is -0.000385. The molecule has 0 saturated carbocycles. The van der Waals surface area contributed by atoms with Crippen molar-refractivity contribution in [2.75, 3.05) is 26.4 Å². The normalized spacial score (nSPS) is 13.9. The van der Waals surface area contributed by atoms with E-state index in [4.69, 9.17) is 9.47 Å². The molecule has 17 heavy (non-hydrogen) atoms. The van der Waals surface area contributed by atoms with Crippen molar-refractivity contribution >= 4 is 0 Å². The van der Waals surface area contributed by atoms with E-state index in [-0.39, 0.29) is 5.54 Å². The summed E-state index contributed by atoms with van der Waals surface area (Å²) in [6, 6.07) is 0. The quantitative estimate of drug-likeness (QED) is 0.600. The molecule has 0 aromatic rings. The summed E-state index contributed by atoms with van der Waals surface area (Å²) in [4.78, 5) is 0. The molecule has 0 radical (unpaired) electrons. The Balaban J connectivity index is 3.67. The summed E-state index contributed by atoms with van der Waals surface area (Å²) >= 11 is 0. The van der Waals surface area contributed by atoms with Crippen LogP contribution in [-0.2, 0) is 9.47 Å². The Hall–Kier alpha value is -0.120. The highest BCUT2D eigenvalue weighted by atomic mass is 16.5. The van der Waals surface area contributed by atoms with Gasteiger partial charge in [0.05, 0.1) is 19.3 Å². The first-order valence-electron chi connectivity index (χ1n) is 6.94. The molecule has 0 fully saturated rings. The van der Waals surface area contributed by atoms with Gasteiger partial charge in [0, 0.05) is 18.7 Å². The maximum absolute atomic E-state index is 5.84. The van der Waals surface area contributed by atoms with Crippen LogP contribution in [0.5, 0.6) is 0 Å². The molecule has 0 aliphatic carbocycles. The van der Waals surface area contributed by atoms with E-state index in [9.17, 15) is 0 Å². The van der Waals surface area contributed by atoms with E-state index in [2.05, 4.69) is 39.9 Å². The first kappa shape index (κ1) is 16.9. The zero-order chi connectivity index (χ0) is 13.1. The summed E-state index contributed by atoms with van der Waals surface area (Å²) in [6.07, 6.45) is 3.65. The van der Waals surface area contributed by atoms with E-state index in [1.54, 1.807) is 0 Å². The van der Waals surface area contributed by atoms with Crippen molar-refractivity contribution < 1.29 is 9.47 Å². The lowest BCUT2D eigenvalue weighted by Gasteiger charge is -2.25. The van der Waals surface area contributed by atoms with Gasteiger partial charge in [-0.05, 0) is 33.6 Å². The van der Waals surface area contributed by atoms with Crippen LogP contribution in [-0.4, -0.2) is 38.0 Å². The van der Waals surface area contributed by atoms with Gasteiger partial charge in [0.2, 0.25) is 0 Å². The zero-order valence-electron chi connectivity index (χ0n) is 12.3. The summed E-state index contributed by atoms with van der Waals surface area (Å²) < 4.78 is 11.2. The molecule has 0 heterocycles. The maximum atomic E-state index is 5.84. The third kappa shape index (κ3) is 12.1. The fourth-order valence-electron chi connectivity index (χ4n) is 1.51. The molecule has 3 heteroatoms. The Morgan fingerprint density at radius 1 is 1.00 bits per heavy atom. The van der Waals surface area contributed by atoms with Crippen LogP contribution in [0.25, 0.3) is 0 Å². The SMILES string of the molecule is CCCOCCOC(CCC)CNC(C)(C)C. The summed E-state index contributed by atoms with van der Waals surface area (Å²) in [5.41, 5.74) is 0.161. The van der Waals surface area contributed by atoms with Crippen LogP contribution in [0.1, 0.15) is 53.9 Å². The molecule has 1 N–H and O–H groups in total. The second-order valence-electron chi connectivity index (χ2n) is 5.52. The molecule has 0 aliphatic heterocycles. The molecule has 0 saturated heterocycles. The van der Waals surface area contributed by atoms with Crippen LogP contribution >= 0.6 is 0 Å². The first-order valence-corrected chi connectivity index (χ1v) is 6.94. The molecule has 0 aliphatic rings. The van der Waals surface area contributed by atoms with E-state index in [1.807, 2.05) is 0 Å². The van der Waals surface area contributed by atoms with Crippen LogP contribution in [0.4, 0.5) is 0 Å². The van der Waals surface area contributed by atoms with E-state index in [0.717, 1.165) is 32.4 Å². The predicted molar refractivity (Wildman–Crippen MR) is 73.5 cm³/mol. The molecule has 0 aromatic carbocycles. The summed E-state index contributed by atoms with van der Waals surface area (Å²) in [7, 11) is 0. The number of rotatable bonds is 10. The van der Waals surface area contributed by atoms with Gasteiger partial charge < -0.3 is 14.8 Å². The highest BCUT2D eigenvalue weighted by molar-refractivity contribution is 4.73. The van der Waals surface area contributed by atoms with Crippen LogP contribution in [0.3, 0.4) is 0 Å². The van der Waals surface area contributed by atoms with Crippen LogP contribution < -0.4 is 5.32 Å². The fourth-order valence-corrected chi connectivity index (χ4v) is 1.51. The molecule has 1 atom stereocenters. The summed E-state index contributed by atoms with van der Waals surface area (Å²) in [5, 5.41) is 3.49. The van der Waals surface area contributed by atoms with Gasteiger partial charge in [-0.3, -0.25) is 0 Å². The minimum Gasteiger partial charge on any atom is -0.379 e. The van der Waals surface area contributed by atoms with Gasteiger partial charge in [-0.2, -0.15) is 0 Å². The average molecular weight is 245 g/mol. The van der Waals surface area contributed by atoms with E-state index >= 15 is 0 Å². The third-order valence-corrected chi connectivity index (χ3v) is 2.40. The van der Waals surface area contributed by atoms with Crippen molar-refractivity contribution in [3.8, 4) is 0 Å². The van der Waals surface area contributed by atoms with Crippen molar-refractivity contribution in [1.29, 1.82) is 0 Å². The van der Waals surface area contributed by atoms with Gasteiger partial charge in [-0.15, -0.1) is 0 Å². The molecule has 0 amide bonds. The third-order valence-electron chi connectivity index (χ3n) is 2.40. The molecule has 3 nitrogen and oxygen atoms in total. The Labute approximate surface area is 107 Å². The minimum atomic E-state index is 0.161. The van der Waals surface area contributed by atoms with Gasteiger partial charge in [-0.1, -0.05) is 20.3 Å². The van der Waals surface area contributed by atoms with Gasteiger partial charge in [-0.25, -0.2) is 0 Å². The minimum absolute atomic E-state index is 0.161. The maximum Gasteiger partial charge on any atom is 0.0704 e. The molecular weight excluding hydrogens is 214 g/mol. The monoisotopic (exact) mass is 245 g/mol. The fraction of sp³-hybridized carbons (Fsp3) is 1.00. The molecule has 0 bridgehead atoms. The second kappa shape index (κ2) is 9.86. The number of hydrogen-bond donors (Lipinski definition) is 1. The molecule has 1 unspecified atom stereocenters. The van der Waals surface area contributed by atoms with Gasteiger partial charge >= 0.3 is 0 Å². The van der Waals surface area contributed by atoms with Gasteiger partial charge in [0.15, 0.2) is 0 Å². The van der Waals surface area contributed by atoms with E-state index in [0.29, 0.717) is 19.3 Å². The smallest absolute Gasteiger partial charge is 0.0704 e. The summed E-state index contributed by atoms with van der Waals surface area (Å²) in [5.74, 6) is 0. The summed E-state index contributed by atoms with van der Waals surface area (Å²) in [6.45, 7) is 14.0. The number of hydrogen-bond acceptors (Lipinski definition) is 3. The van der Waals surface area contributed by atoms with Crippen molar-refractivity contribution in [3.05, 3.63) is 0 Å². The Kier molecular flexibility index (Phi) is 9.79. The Morgan fingerprint density at radius 2 is 1.71 bits per heavy atom. The molecule has 0 spiro atoms. The Bertz CT molecular complexity index is 166. The highest BCUT2D eigenvalue weighted by Crippen LogP contribution is 2.05. The lowest BCUT2D eigenvalue weighted by Crippen LogP contribution is -2.41. The number of ether oxygens (including phenoxy) is 2. The average Bonchev–Trinajstić information content (AvgIpc) is 2.24. The van der Waals surface area contributed by atoms with Gasteiger partial charge in [0.25, 0.3) is 0 Å². The van der Waals surface area contributed by atoms with Crippen molar-refractivity contribution in [2.24, 2.45) is 0 Å². The molecule has 104 valence electrons. The molecule has 0 rings (SSSR count).